The smallest absolute Gasteiger partial charge is 0.164 e. The van der Waals surface area contributed by atoms with Crippen molar-refractivity contribution < 1.29 is 4.39 Å². The summed E-state index contributed by atoms with van der Waals surface area (Å²) in [5, 5.41) is 0.729. The Balaban J connectivity index is 3.13. The molecule has 2 heteroatoms. The van der Waals surface area contributed by atoms with Crippen molar-refractivity contribution in [3.05, 3.63) is 30.1 Å². The van der Waals surface area contributed by atoms with Crippen LogP contribution in [0.25, 0.3) is 0 Å². The van der Waals surface area contributed by atoms with Gasteiger partial charge in [0.15, 0.2) is 5.82 Å². The molecule has 1 atom stereocenters. The van der Waals surface area contributed by atoms with Gasteiger partial charge < -0.3 is 0 Å². The molecule has 0 bridgehead atoms. The fourth-order valence-corrected chi connectivity index (χ4v) is 0.752. The zero-order chi connectivity index (χ0) is 5.98. The van der Waals surface area contributed by atoms with Crippen LogP contribution < -0.4 is 5.30 Å². The first kappa shape index (κ1) is 5.71. The second-order valence-corrected chi connectivity index (χ2v) is 2.35. The summed E-state index contributed by atoms with van der Waals surface area (Å²) in [6.07, 6.45) is 0. The highest BCUT2D eigenvalue weighted by Crippen LogP contribution is 1.95. The van der Waals surface area contributed by atoms with Gasteiger partial charge in [-0.25, -0.2) is 4.39 Å². The van der Waals surface area contributed by atoms with Gasteiger partial charge >= 0.3 is 0 Å². The third-order valence-electron chi connectivity index (χ3n) is 0.958. The van der Waals surface area contributed by atoms with Crippen LogP contribution in [0.4, 0.5) is 4.39 Å². The van der Waals surface area contributed by atoms with Gasteiger partial charge in [-0.2, -0.15) is 0 Å². The summed E-state index contributed by atoms with van der Waals surface area (Å²) in [6.45, 7) is 0. The fraction of sp³-hybridized carbons (Fsp3) is 0. The summed E-state index contributed by atoms with van der Waals surface area (Å²) in [5.74, 6) is -0.120. The Morgan fingerprint density at radius 2 is 1.88 bits per heavy atom. The van der Waals surface area contributed by atoms with Gasteiger partial charge in [-0.3, -0.25) is 0 Å². The number of benzene rings is 1. The SMILES string of the molecule is Fc1ccccc1[PH3+]. The molecular weight excluding hydrogens is 122 g/mol. The number of rotatable bonds is 0. The van der Waals surface area contributed by atoms with E-state index in [1.807, 2.05) is 6.07 Å². The standard InChI is InChI=1S/C6H6FP/c7-5-3-1-2-4-6(5)8/h1-4H,8H2/p+1. The van der Waals surface area contributed by atoms with Gasteiger partial charge in [0, 0.05) is 9.24 Å². The van der Waals surface area contributed by atoms with Gasteiger partial charge in [-0.1, -0.05) is 12.1 Å². The highest BCUT2D eigenvalue weighted by Gasteiger charge is 1.94. The molecule has 1 unspecified atom stereocenters. The molecule has 1 aromatic carbocycles. The van der Waals surface area contributed by atoms with Crippen molar-refractivity contribution in [2.45, 2.75) is 0 Å². The number of hydrogen-bond acceptors (Lipinski definition) is 0. The number of halogens is 1. The second-order valence-electron chi connectivity index (χ2n) is 1.59. The van der Waals surface area contributed by atoms with Crippen LogP contribution in [0.15, 0.2) is 24.3 Å². The van der Waals surface area contributed by atoms with Gasteiger partial charge in [-0.05, 0) is 12.1 Å². The third kappa shape index (κ3) is 1.05. The second kappa shape index (κ2) is 2.23. The maximum atomic E-state index is 12.3. The molecule has 1 aromatic rings. The first-order chi connectivity index (χ1) is 3.80. The molecule has 0 saturated heterocycles. The van der Waals surface area contributed by atoms with Crippen molar-refractivity contribution in [2.24, 2.45) is 0 Å². The Kier molecular flexibility index (Phi) is 1.59. The van der Waals surface area contributed by atoms with E-state index >= 15 is 0 Å². The van der Waals surface area contributed by atoms with E-state index in [2.05, 4.69) is 0 Å². The molecule has 0 heterocycles. The lowest BCUT2D eigenvalue weighted by Gasteiger charge is -1.84. The summed E-state index contributed by atoms with van der Waals surface area (Å²) in [7, 11) is 1.56. The van der Waals surface area contributed by atoms with Gasteiger partial charge in [-0.15, -0.1) is 0 Å². The molecule has 0 aliphatic carbocycles. The maximum absolute atomic E-state index is 12.3. The Hall–Kier alpha value is -0.420. The minimum Gasteiger partial charge on any atom is -0.203 e. The minimum absolute atomic E-state index is 0.120. The van der Waals surface area contributed by atoms with Crippen molar-refractivity contribution in [2.75, 3.05) is 0 Å². The molecule has 0 aliphatic heterocycles. The largest absolute Gasteiger partial charge is 0.203 e. The van der Waals surface area contributed by atoms with Gasteiger partial charge in [0.05, 0.1) is 0 Å². The average molecular weight is 129 g/mol. The zero-order valence-corrected chi connectivity index (χ0v) is 5.81. The van der Waals surface area contributed by atoms with Crippen LogP contribution in [0.5, 0.6) is 0 Å². The molecule has 1 rings (SSSR count). The van der Waals surface area contributed by atoms with E-state index in [0.29, 0.717) is 0 Å². The van der Waals surface area contributed by atoms with Crippen molar-refractivity contribution in [1.29, 1.82) is 0 Å². The molecule has 0 radical (unpaired) electrons. The van der Waals surface area contributed by atoms with Crippen LogP contribution >= 0.6 is 9.24 Å². The van der Waals surface area contributed by atoms with E-state index in [4.69, 9.17) is 0 Å². The van der Waals surface area contributed by atoms with Crippen molar-refractivity contribution in [3.8, 4) is 0 Å². The molecule has 0 spiro atoms. The average Bonchev–Trinajstić information content (AvgIpc) is 1.77. The van der Waals surface area contributed by atoms with Gasteiger partial charge in [0.2, 0.25) is 0 Å². The van der Waals surface area contributed by atoms with E-state index in [0.717, 1.165) is 5.30 Å². The molecule has 0 aromatic heterocycles. The predicted octanol–water partition coefficient (Wildman–Crippen LogP) is 1.06. The van der Waals surface area contributed by atoms with Crippen molar-refractivity contribution in [3.63, 3.8) is 0 Å². The van der Waals surface area contributed by atoms with Crippen LogP contribution in [-0.2, 0) is 0 Å². The van der Waals surface area contributed by atoms with E-state index in [9.17, 15) is 4.39 Å². The topological polar surface area (TPSA) is 0 Å². The first-order valence-corrected chi connectivity index (χ1v) is 3.08. The highest BCUT2D eigenvalue weighted by atomic mass is 31.0. The van der Waals surface area contributed by atoms with Crippen molar-refractivity contribution in [1.82, 2.24) is 0 Å². The lowest BCUT2D eigenvalue weighted by molar-refractivity contribution is 0.636. The molecular formula is C6H7FP+. The lowest BCUT2D eigenvalue weighted by Crippen LogP contribution is -1.94. The highest BCUT2D eigenvalue weighted by molar-refractivity contribution is 7.27. The van der Waals surface area contributed by atoms with E-state index in [1.54, 1.807) is 21.4 Å². The summed E-state index contributed by atoms with van der Waals surface area (Å²) in [6, 6.07) is 6.73. The normalized spacial score (nSPS) is 9.62. The van der Waals surface area contributed by atoms with Crippen LogP contribution in [0, 0.1) is 5.82 Å². The van der Waals surface area contributed by atoms with Crippen LogP contribution in [0.3, 0.4) is 0 Å². The molecule has 0 nitrogen and oxygen atoms in total. The molecule has 42 valence electrons. The molecule has 8 heavy (non-hydrogen) atoms. The van der Waals surface area contributed by atoms with Crippen LogP contribution in [0.2, 0.25) is 0 Å². The third-order valence-corrected chi connectivity index (χ3v) is 1.53. The van der Waals surface area contributed by atoms with Crippen LogP contribution in [0.1, 0.15) is 0 Å². The van der Waals surface area contributed by atoms with E-state index in [-0.39, 0.29) is 5.82 Å². The monoisotopic (exact) mass is 129 g/mol. The van der Waals surface area contributed by atoms with E-state index < -0.39 is 0 Å². The fourth-order valence-electron chi connectivity index (χ4n) is 0.498. The summed E-state index contributed by atoms with van der Waals surface area (Å²) >= 11 is 0. The molecule has 0 fully saturated rings. The Bertz CT molecular complexity index is 165. The predicted molar refractivity (Wildman–Crippen MR) is 37.1 cm³/mol. The summed E-state index contributed by atoms with van der Waals surface area (Å²) in [4.78, 5) is 0. The Morgan fingerprint density at radius 3 is 2.25 bits per heavy atom. The van der Waals surface area contributed by atoms with Crippen molar-refractivity contribution >= 4 is 14.5 Å². The van der Waals surface area contributed by atoms with Crippen LogP contribution in [-0.4, -0.2) is 0 Å². The lowest BCUT2D eigenvalue weighted by atomic mass is 10.3. The minimum atomic E-state index is -0.120. The first-order valence-electron chi connectivity index (χ1n) is 2.37. The molecule has 0 saturated carbocycles. The summed E-state index contributed by atoms with van der Waals surface area (Å²) < 4.78 is 12.3. The maximum Gasteiger partial charge on any atom is 0.164 e. The molecule has 0 aliphatic rings. The van der Waals surface area contributed by atoms with Gasteiger partial charge in [0.25, 0.3) is 0 Å². The Morgan fingerprint density at radius 1 is 1.25 bits per heavy atom. The zero-order valence-electron chi connectivity index (χ0n) is 4.39. The number of hydrogen-bond donors (Lipinski definition) is 0. The Labute approximate surface area is 49.9 Å². The molecule has 0 amide bonds. The van der Waals surface area contributed by atoms with E-state index in [1.165, 1.54) is 6.07 Å². The van der Waals surface area contributed by atoms with Gasteiger partial charge in [0.1, 0.15) is 5.30 Å². The quantitative estimate of drug-likeness (QED) is 0.459. The summed E-state index contributed by atoms with van der Waals surface area (Å²) in [5.41, 5.74) is 0. The molecule has 0 N–H and O–H groups in total.